The van der Waals surface area contributed by atoms with Crippen LogP contribution in [0.2, 0.25) is 0 Å². The molecule has 1 unspecified atom stereocenters. The van der Waals surface area contributed by atoms with Crippen molar-refractivity contribution in [2.75, 3.05) is 38.2 Å². The van der Waals surface area contributed by atoms with Crippen molar-refractivity contribution in [1.29, 1.82) is 0 Å². The van der Waals surface area contributed by atoms with E-state index < -0.39 is 35.0 Å². The summed E-state index contributed by atoms with van der Waals surface area (Å²) in [4.78, 5) is 26.3. The topological polar surface area (TPSA) is 89.1 Å². The van der Waals surface area contributed by atoms with Crippen LogP contribution in [0, 0.1) is 23.4 Å². The Morgan fingerprint density at radius 2 is 1.68 bits per heavy atom. The first-order chi connectivity index (χ1) is 14.8. The van der Waals surface area contributed by atoms with Gasteiger partial charge in [0.2, 0.25) is 17.6 Å². The predicted molar refractivity (Wildman–Crippen MR) is 105 cm³/mol. The van der Waals surface area contributed by atoms with Gasteiger partial charge >= 0.3 is 0 Å². The van der Waals surface area contributed by atoms with Crippen LogP contribution in [0.25, 0.3) is 0 Å². The lowest BCUT2D eigenvalue weighted by Crippen LogP contribution is -2.36. The molecule has 1 aliphatic heterocycles. The van der Waals surface area contributed by atoms with Gasteiger partial charge < -0.3 is 19.1 Å². The molecule has 0 aromatic heterocycles. The summed E-state index contributed by atoms with van der Waals surface area (Å²) in [6.45, 7) is 0.0330. The summed E-state index contributed by atoms with van der Waals surface area (Å²) in [5, 5.41) is 0. The molecule has 0 spiro atoms. The second-order valence-electron chi connectivity index (χ2n) is 6.63. The van der Waals surface area contributed by atoms with Crippen LogP contribution in [0.1, 0.15) is 6.42 Å². The Morgan fingerprint density at radius 3 is 2.26 bits per heavy atom. The molecule has 0 radical (unpaired) electrons. The molecule has 2 amide bonds. The number of rotatable bonds is 7. The minimum atomic E-state index is -1.66. The molecule has 0 saturated carbocycles. The second kappa shape index (κ2) is 9.02. The van der Waals surface area contributed by atoms with Crippen LogP contribution in [-0.4, -0.2) is 39.7 Å². The van der Waals surface area contributed by atoms with Gasteiger partial charge in [-0.1, -0.05) is 0 Å². The zero-order chi connectivity index (χ0) is 22.7. The fraction of sp³-hybridized carbons (Fsp3) is 0.300. The molecular formula is C20H20F3N3O5. The van der Waals surface area contributed by atoms with Crippen molar-refractivity contribution >= 4 is 23.2 Å². The molecule has 0 aliphatic carbocycles. The number of carbonyl (C=O) groups excluding carboxylic acids is 2. The average molecular weight is 439 g/mol. The van der Waals surface area contributed by atoms with Crippen LogP contribution in [0.15, 0.2) is 24.3 Å². The van der Waals surface area contributed by atoms with E-state index in [9.17, 15) is 22.8 Å². The molecule has 1 fully saturated rings. The lowest BCUT2D eigenvalue weighted by molar-refractivity contribution is -0.125. The highest BCUT2D eigenvalue weighted by Crippen LogP contribution is 2.42. The van der Waals surface area contributed by atoms with E-state index >= 15 is 0 Å². The summed E-state index contributed by atoms with van der Waals surface area (Å²) >= 11 is 0. The Balaban J connectivity index is 1.73. The van der Waals surface area contributed by atoms with E-state index in [2.05, 4.69) is 10.9 Å². The number of anilines is 2. The maximum Gasteiger partial charge on any atom is 0.243 e. The summed E-state index contributed by atoms with van der Waals surface area (Å²) in [7, 11) is 4.32. The molecule has 3 rings (SSSR count). The minimum Gasteiger partial charge on any atom is -0.493 e. The fourth-order valence-electron chi connectivity index (χ4n) is 3.21. The quantitative estimate of drug-likeness (QED) is 0.509. The van der Waals surface area contributed by atoms with Crippen molar-refractivity contribution in [3.8, 4) is 17.2 Å². The molecule has 166 valence electrons. The van der Waals surface area contributed by atoms with Gasteiger partial charge in [-0.25, -0.2) is 13.2 Å². The van der Waals surface area contributed by atoms with Crippen molar-refractivity contribution < 1.29 is 37.0 Å². The number of halogens is 3. The van der Waals surface area contributed by atoms with Crippen LogP contribution in [0.5, 0.6) is 17.2 Å². The summed E-state index contributed by atoms with van der Waals surface area (Å²) in [6.07, 6.45) is -0.107. The summed E-state index contributed by atoms with van der Waals surface area (Å²) in [5.41, 5.74) is 4.42. The van der Waals surface area contributed by atoms with Gasteiger partial charge in [-0.3, -0.25) is 20.4 Å². The Hall–Kier alpha value is -3.63. The van der Waals surface area contributed by atoms with Gasteiger partial charge in [-0.15, -0.1) is 0 Å². The van der Waals surface area contributed by atoms with Gasteiger partial charge in [0.1, 0.15) is 0 Å². The zero-order valence-electron chi connectivity index (χ0n) is 16.9. The van der Waals surface area contributed by atoms with Crippen molar-refractivity contribution in [3.05, 3.63) is 41.7 Å². The fourth-order valence-corrected chi connectivity index (χ4v) is 3.21. The van der Waals surface area contributed by atoms with Crippen LogP contribution < -0.4 is 30.0 Å². The highest BCUT2D eigenvalue weighted by atomic mass is 19.2. The van der Waals surface area contributed by atoms with Crippen molar-refractivity contribution in [2.24, 2.45) is 5.92 Å². The summed E-state index contributed by atoms with van der Waals surface area (Å²) in [6, 6.07) is 4.82. The van der Waals surface area contributed by atoms with Gasteiger partial charge in [0, 0.05) is 25.1 Å². The van der Waals surface area contributed by atoms with Gasteiger partial charge in [0.25, 0.3) is 0 Å². The first-order valence-electron chi connectivity index (χ1n) is 9.10. The molecule has 1 aliphatic rings. The number of hydrogen-bond donors (Lipinski definition) is 2. The molecule has 1 atom stereocenters. The number of hydrogen-bond acceptors (Lipinski definition) is 6. The van der Waals surface area contributed by atoms with E-state index in [-0.39, 0.29) is 18.9 Å². The molecule has 31 heavy (non-hydrogen) atoms. The van der Waals surface area contributed by atoms with Gasteiger partial charge in [0.15, 0.2) is 29.0 Å². The molecule has 0 bridgehead atoms. The third-order valence-electron chi connectivity index (χ3n) is 4.81. The van der Waals surface area contributed by atoms with E-state index in [4.69, 9.17) is 14.2 Å². The summed E-state index contributed by atoms with van der Waals surface area (Å²) in [5.74, 6) is -5.16. The number of amides is 2. The SMILES string of the molecule is COc1cc(N2CC(C(=O)NNc3ccc(F)c(F)c3F)CC2=O)cc(OC)c1OC. The maximum absolute atomic E-state index is 13.7. The van der Waals surface area contributed by atoms with Crippen molar-refractivity contribution in [3.63, 3.8) is 0 Å². The number of benzene rings is 2. The molecular weight excluding hydrogens is 419 g/mol. The summed E-state index contributed by atoms with van der Waals surface area (Å²) < 4.78 is 55.8. The number of methoxy groups -OCH3 is 3. The maximum atomic E-state index is 13.7. The zero-order valence-corrected chi connectivity index (χ0v) is 16.9. The molecule has 11 heteroatoms. The van der Waals surface area contributed by atoms with E-state index in [0.717, 1.165) is 12.1 Å². The van der Waals surface area contributed by atoms with E-state index in [1.54, 1.807) is 12.1 Å². The Labute approximate surface area is 175 Å². The highest BCUT2D eigenvalue weighted by Gasteiger charge is 2.36. The molecule has 2 aromatic carbocycles. The molecule has 1 heterocycles. The monoisotopic (exact) mass is 439 g/mol. The highest BCUT2D eigenvalue weighted by molar-refractivity contribution is 6.01. The molecule has 2 aromatic rings. The third-order valence-corrected chi connectivity index (χ3v) is 4.81. The van der Waals surface area contributed by atoms with Crippen molar-refractivity contribution in [2.45, 2.75) is 6.42 Å². The first kappa shape index (κ1) is 22.1. The van der Waals surface area contributed by atoms with Crippen LogP contribution in [0.3, 0.4) is 0 Å². The number of carbonyl (C=O) groups is 2. The number of ether oxygens (including phenoxy) is 3. The predicted octanol–water partition coefficient (Wildman–Crippen LogP) is 2.63. The largest absolute Gasteiger partial charge is 0.493 e. The second-order valence-corrected chi connectivity index (χ2v) is 6.63. The van der Waals surface area contributed by atoms with Gasteiger partial charge in [-0.2, -0.15) is 0 Å². The van der Waals surface area contributed by atoms with E-state index in [0.29, 0.717) is 22.9 Å². The smallest absolute Gasteiger partial charge is 0.243 e. The Kier molecular flexibility index (Phi) is 6.42. The van der Waals surface area contributed by atoms with Crippen LogP contribution >= 0.6 is 0 Å². The first-order valence-corrected chi connectivity index (χ1v) is 9.10. The van der Waals surface area contributed by atoms with Crippen LogP contribution in [-0.2, 0) is 9.59 Å². The number of nitrogens with zero attached hydrogens (tertiary/aromatic N) is 1. The van der Waals surface area contributed by atoms with Gasteiger partial charge in [0.05, 0.1) is 38.6 Å². The van der Waals surface area contributed by atoms with Gasteiger partial charge in [-0.05, 0) is 12.1 Å². The number of nitrogens with one attached hydrogen (secondary N) is 2. The van der Waals surface area contributed by atoms with E-state index in [1.807, 2.05) is 0 Å². The molecule has 2 N–H and O–H groups in total. The van der Waals surface area contributed by atoms with Crippen molar-refractivity contribution in [1.82, 2.24) is 5.43 Å². The average Bonchev–Trinajstić information content (AvgIpc) is 3.17. The normalized spacial score (nSPS) is 15.6. The van der Waals surface area contributed by atoms with Crippen LogP contribution in [0.4, 0.5) is 24.5 Å². The minimum absolute atomic E-state index is 0.0330. The van der Waals surface area contributed by atoms with E-state index in [1.165, 1.54) is 26.2 Å². The lowest BCUT2D eigenvalue weighted by atomic mass is 10.1. The molecule has 1 saturated heterocycles. The standard InChI is InChI=1S/C20H20F3N3O5/c1-29-14-7-11(8-15(30-2)19(14)31-3)26-9-10(6-16(26)27)20(28)25-24-13-5-4-12(21)17(22)18(13)23/h4-5,7-8,10,24H,6,9H2,1-3H3,(H,25,28). The Bertz CT molecular complexity index is 993. The lowest BCUT2D eigenvalue weighted by Gasteiger charge is -2.20. The molecule has 8 nitrogen and oxygen atoms in total. The number of hydrazine groups is 1. The third kappa shape index (κ3) is 4.30. The Morgan fingerprint density at radius 1 is 1.03 bits per heavy atom.